The molecule has 0 saturated heterocycles. The summed E-state index contributed by atoms with van der Waals surface area (Å²) in [7, 11) is 0. The number of hydrogen-bond acceptors (Lipinski definition) is 3. The summed E-state index contributed by atoms with van der Waals surface area (Å²) in [5.41, 5.74) is 6.28. The highest BCUT2D eigenvalue weighted by Gasteiger charge is 2.23. The summed E-state index contributed by atoms with van der Waals surface area (Å²) in [5.74, 6) is 0. The molecule has 1 unspecified atom stereocenters. The lowest BCUT2D eigenvalue weighted by molar-refractivity contribution is 0.164. The fraction of sp³-hybridized carbons (Fsp3) is 0.714. The fourth-order valence-corrected chi connectivity index (χ4v) is 2.87. The van der Waals surface area contributed by atoms with Crippen molar-refractivity contribution in [2.75, 3.05) is 6.54 Å². The first-order valence-electron chi connectivity index (χ1n) is 6.50. The van der Waals surface area contributed by atoms with Crippen LogP contribution in [0.15, 0.2) is 17.5 Å². The molecule has 2 N–H and O–H groups in total. The van der Waals surface area contributed by atoms with Gasteiger partial charge in [0.1, 0.15) is 0 Å². The molecule has 0 aliphatic rings. The van der Waals surface area contributed by atoms with Crippen molar-refractivity contribution in [3.8, 4) is 0 Å². The molecule has 2 nitrogen and oxygen atoms in total. The van der Waals surface area contributed by atoms with Crippen molar-refractivity contribution >= 4 is 11.3 Å². The van der Waals surface area contributed by atoms with Gasteiger partial charge in [-0.1, -0.05) is 19.4 Å². The number of hydrogen-bond donors (Lipinski definition) is 1. The molecule has 98 valence electrons. The minimum Gasteiger partial charge on any atom is -0.324 e. The zero-order valence-corrected chi connectivity index (χ0v) is 12.4. The molecule has 17 heavy (non-hydrogen) atoms. The van der Waals surface area contributed by atoms with Crippen LogP contribution in [0.4, 0.5) is 0 Å². The third-order valence-electron chi connectivity index (χ3n) is 3.05. The quantitative estimate of drug-likeness (QED) is 0.807. The van der Waals surface area contributed by atoms with E-state index in [0.717, 1.165) is 25.9 Å². The molecule has 0 aromatic carbocycles. The van der Waals surface area contributed by atoms with Crippen LogP contribution in [0.5, 0.6) is 0 Å². The Labute approximate surface area is 110 Å². The van der Waals surface area contributed by atoms with Gasteiger partial charge in [0.2, 0.25) is 0 Å². The second-order valence-corrected chi connectivity index (χ2v) is 6.51. The maximum absolute atomic E-state index is 6.36. The van der Waals surface area contributed by atoms with Crippen LogP contribution in [0.1, 0.15) is 45.4 Å². The Bertz CT molecular complexity index is 304. The van der Waals surface area contributed by atoms with Gasteiger partial charge in [0.15, 0.2) is 0 Å². The van der Waals surface area contributed by atoms with Crippen LogP contribution in [0.2, 0.25) is 0 Å². The van der Waals surface area contributed by atoms with E-state index >= 15 is 0 Å². The van der Waals surface area contributed by atoms with Gasteiger partial charge in [0, 0.05) is 29.5 Å². The Hall–Kier alpha value is -0.380. The molecule has 0 saturated carbocycles. The molecule has 0 amide bonds. The highest BCUT2D eigenvalue weighted by Crippen LogP contribution is 2.18. The molecule has 0 aliphatic carbocycles. The normalized spacial score (nSPS) is 15.5. The molecule has 0 fully saturated rings. The van der Waals surface area contributed by atoms with Crippen LogP contribution in [0.3, 0.4) is 0 Å². The smallest absolute Gasteiger partial charge is 0.0331 e. The number of thiophene rings is 1. The third kappa shape index (κ3) is 5.19. The van der Waals surface area contributed by atoms with Gasteiger partial charge in [0.05, 0.1) is 0 Å². The summed E-state index contributed by atoms with van der Waals surface area (Å²) in [6, 6.07) is 4.86. The highest BCUT2D eigenvalue weighted by atomic mass is 32.1. The first-order valence-corrected chi connectivity index (χ1v) is 7.38. The minimum atomic E-state index is -0.0731. The topological polar surface area (TPSA) is 29.3 Å². The van der Waals surface area contributed by atoms with E-state index in [1.54, 1.807) is 0 Å². The van der Waals surface area contributed by atoms with Crippen LogP contribution in [-0.4, -0.2) is 23.0 Å². The fourth-order valence-electron chi connectivity index (χ4n) is 2.14. The second kappa shape index (κ2) is 6.53. The lowest BCUT2D eigenvalue weighted by Gasteiger charge is -2.34. The van der Waals surface area contributed by atoms with Crippen LogP contribution >= 0.6 is 11.3 Å². The van der Waals surface area contributed by atoms with Gasteiger partial charge in [-0.3, -0.25) is 4.90 Å². The van der Waals surface area contributed by atoms with Crippen LogP contribution in [-0.2, 0) is 6.54 Å². The Morgan fingerprint density at radius 3 is 2.65 bits per heavy atom. The largest absolute Gasteiger partial charge is 0.324 e. The molecule has 0 bridgehead atoms. The van der Waals surface area contributed by atoms with Crippen molar-refractivity contribution in [1.29, 1.82) is 0 Å². The average molecular weight is 254 g/mol. The monoisotopic (exact) mass is 254 g/mol. The van der Waals surface area contributed by atoms with Crippen LogP contribution in [0.25, 0.3) is 0 Å². The number of rotatable bonds is 7. The average Bonchev–Trinajstić information content (AvgIpc) is 2.68. The van der Waals surface area contributed by atoms with Crippen LogP contribution < -0.4 is 5.73 Å². The molecule has 1 atom stereocenters. The van der Waals surface area contributed by atoms with Gasteiger partial charge in [-0.25, -0.2) is 0 Å². The van der Waals surface area contributed by atoms with Gasteiger partial charge >= 0.3 is 0 Å². The van der Waals surface area contributed by atoms with Crippen molar-refractivity contribution < 1.29 is 0 Å². The summed E-state index contributed by atoms with van der Waals surface area (Å²) in [6.07, 6.45) is 2.23. The third-order valence-corrected chi connectivity index (χ3v) is 3.92. The number of nitrogens with two attached hydrogens (primary N) is 1. The lowest BCUT2D eigenvalue weighted by Crippen LogP contribution is -2.49. The molecule has 1 aromatic heterocycles. The Kier molecular flexibility index (Phi) is 5.63. The van der Waals surface area contributed by atoms with E-state index in [1.807, 2.05) is 11.3 Å². The van der Waals surface area contributed by atoms with E-state index in [9.17, 15) is 0 Å². The Balaban J connectivity index is 2.60. The summed E-state index contributed by atoms with van der Waals surface area (Å²) in [6.45, 7) is 10.8. The molecular weight excluding hydrogens is 228 g/mol. The van der Waals surface area contributed by atoms with E-state index < -0.39 is 0 Å². The summed E-state index contributed by atoms with van der Waals surface area (Å²) >= 11 is 1.83. The van der Waals surface area contributed by atoms with E-state index in [0.29, 0.717) is 6.04 Å². The molecule has 0 aliphatic heterocycles. The zero-order chi connectivity index (χ0) is 12.9. The van der Waals surface area contributed by atoms with Crippen molar-refractivity contribution in [2.45, 2.75) is 58.7 Å². The minimum absolute atomic E-state index is 0.0731. The predicted molar refractivity (Wildman–Crippen MR) is 77.4 cm³/mol. The first-order chi connectivity index (χ1) is 7.94. The summed E-state index contributed by atoms with van der Waals surface area (Å²) in [5, 5.41) is 2.14. The van der Waals surface area contributed by atoms with Crippen molar-refractivity contribution in [1.82, 2.24) is 4.90 Å². The summed E-state index contributed by atoms with van der Waals surface area (Å²) in [4.78, 5) is 3.90. The van der Waals surface area contributed by atoms with Gasteiger partial charge in [0.25, 0.3) is 0 Å². The predicted octanol–water partition coefficient (Wildman–Crippen LogP) is 3.48. The number of nitrogens with zero attached hydrogens (tertiary/aromatic N) is 1. The lowest BCUT2D eigenvalue weighted by atomic mass is 9.96. The van der Waals surface area contributed by atoms with E-state index in [4.69, 9.17) is 5.73 Å². The molecular formula is C14H26N2S. The van der Waals surface area contributed by atoms with Gasteiger partial charge in [-0.05, 0) is 38.6 Å². The maximum Gasteiger partial charge on any atom is 0.0331 e. The Morgan fingerprint density at radius 2 is 2.18 bits per heavy atom. The van der Waals surface area contributed by atoms with Crippen molar-refractivity contribution in [3.05, 3.63) is 22.4 Å². The van der Waals surface area contributed by atoms with Crippen molar-refractivity contribution in [3.63, 3.8) is 0 Å². The second-order valence-electron chi connectivity index (χ2n) is 5.48. The zero-order valence-electron chi connectivity index (χ0n) is 11.6. The molecule has 1 rings (SSSR count). The molecule has 1 aromatic rings. The SMILES string of the molecule is CCCC(C)(N)CN(Cc1cccs1)C(C)C. The van der Waals surface area contributed by atoms with Gasteiger partial charge in [-0.15, -0.1) is 11.3 Å². The molecule has 3 heteroatoms. The Morgan fingerprint density at radius 1 is 1.47 bits per heavy atom. The highest BCUT2D eigenvalue weighted by molar-refractivity contribution is 7.09. The van der Waals surface area contributed by atoms with E-state index in [2.05, 4.69) is 50.1 Å². The van der Waals surface area contributed by atoms with Crippen molar-refractivity contribution in [2.24, 2.45) is 5.73 Å². The standard InChI is InChI=1S/C14H26N2S/c1-5-8-14(4,15)11-16(12(2)3)10-13-7-6-9-17-13/h6-7,9,12H,5,8,10-11,15H2,1-4H3. The first kappa shape index (κ1) is 14.7. The summed E-state index contributed by atoms with van der Waals surface area (Å²) < 4.78 is 0. The maximum atomic E-state index is 6.36. The molecule has 1 heterocycles. The van der Waals surface area contributed by atoms with E-state index in [-0.39, 0.29) is 5.54 Å². The molecule has 0 radical (unpaired) electrons. The van der Waals surface area contributed by atoms with E-state index in [1.165, 1.54) is 4.88 Å². The van der Waals surface area contributed by atoms with Gasteiger partial charge < -0.3 is 5.73 Å². The van der Waals surface area contributed by atoms with Crippen LogP contribution in [0, 0.1) is 0 Å². The molecule has 0 spiro atoms. The van der Waals surface area contributed by atoms with Gasteiger partial charge in [-0.2, -0.15) is 0 Å².